The smallest absolute Gasteiger partial charge is 0.244 e. The predicted molar refractivity (Wildman–Crippen MR) is 146 cm³/mol. The van der Waals surface area contributed by atoms with Gasteiger partial charge in [-0.2, -0.15) is 0 Å². The van der Waals surface area contributed by atoms with Crippen LogP contribution in [0.15, 0.2) is 36.4 Å². The summed E-state index contributed by atoms with van der Waals surface area (Å²) in [7, 11) is -1.07. The summed E-state index contributed by atoms with van der Waals surface area (Å²) in [5, 5.41) is 3.57. The van der Waals surface area contributed by atoms with Gasteiger partial charge in [-0.05, 0) is 42.7 Å². The Morgan fingerprint density at radius 1 is 1.05 bits per heavy atom. The second kappa shape index (κ2) is 13.7. The van der Waals surface area contributed by atoms with E-state index >= 15 is 0 Å². The van der Waals surface area contributed by atoms with Crippen molar-refractivity contribution in [3.63, 3.8) is 0 Å². The average Bonchev–Trinajstić information content (AvgIpc) is 2.85. The van der Waals surface area contributed by atoms with E-state index in [1.54, 1.807) is 31.2 Å². The van der Waals surface area contributed by atoms with Crippen LogP contribution in [0.25, 0.3) is 0 Å². The third-order valence-electron chi connectivity index (χ3n) is 5.63. The van der Waals surface area contributed by atoms with Crippen LogP contribution in [0.5, 0.6) is 11.5 Å². The molecule has 0 radical (unpaired) electrons. The van der Waals surface area contributed by atoms with Gasteiger partial charge < -0.3 is 19.7 Å². The fraction of sp³-hybridized carbons (Fsp3) is 0.440. The maximum absolute atomic E-state index is 13.8. The molecule has 0 bridgehead atoms. The largest absolute Gasteiger partial charge is 0.497 e. The highest BCUT2D eigenvalue weighted by atomic mass is 35.5. The molecular formula is C25H33Cl2N3O6S. The number of ether oxygens (including phenoxy) is 2. The molecule has 204 valence electrons. The Morgan fingerprint density at radius 3 is 2.30 bits per heavy atom. The molecule has 37 heavy (non-hydrogen) atoms. The zero-order valence-electron chi connectivity index (χ0n) is 21.6. The minimum atomic E-state index is -3.93. The predicted octanol–water partition coefficient (Wildman–Crippen LogP) is 4.11. The van der Waals surface area contributed by atoms with Gasteiger partial charge in [0.2, 0.25) is 21.8 Å². The van der Waals surface area contributed by atoms with Crippen LogP contribution in [0.2, 0.25) is 10.0 Å². The Labute approximate surface area is 228 Å². The van der Waals surface area contributed by atoms with Crippen LogP contribution in [0.1, 0.15) is 32.3 Å². The fourth-order valence-electron chi connectivity index (χ4n) is 3.70. The molecule has 0 aliphatic rings. The highest BCUT2D eigenvalue weighted by Crippen LogP contribution is 2.34. The molecule has 0 spiro atoms. The van der Waals surface area contributed by atoms with Crippen LogP contribution in [-0.4, -0.2) is 64.7 Å². The number of halogens is 2. The molecule has 0 fully saturated rings. The minimum Gasteiger partial charge on any atom is -0.497 e. The molecule has 9 nitrogen and oxygen atoms in total. The summed E-state index contributed by atoms with van der Waals surface area (Å²) in [4.78, 5) is 28.1. The second-order valence-corrected chi connectivity index (χ2v) is 11.0. The quantitative estimate of drug-likeness (QED) is 0.386. The molecule has 0 aromatic heterocycles. The lowest BCUT2D eigenvalue weighted by atomic mass is 10.1. The Bertz CT molecular complexity index is 1210. The average molecular weight is 575 g/mol. The summed E-state index contributed by atoms with van der Waals surface area (Å²) in [5.41, 5.74) is 0.723. The molecule has 0 saturated heterocycles. The Kier molecular flexibility index (Phi) is 11.3. The number of carbonyl (C=O) groups excluding carboxylic acids is 2. The van der Waals surface area contributed by atoms with Gasteiger partial charge in [0.15, 0.2) is 0 Å². The van der Waals surface area contributed by atoms with E-state index in [-0.39, 0.29) is 23.9 Å². The number of rotatable bonds is 13. The van der Waals surface area contributed by atoms with Crippen molar-refractivity contribution in [1.29, 1.82) is 0 Å². The second-order valence-electron chi connectivity index (χ2n) is 8.28. The number of nitrogens with zero attached hydrogens (tertiary/aromatic N) is 2. The molecule has 1 atom stereocenters. The lowest BCUT2D eigenvalue weighted by molar-refractivity contribution is -0.140. The van der Waals surface area contributed by atoms with Crippen molar-refractivity contribution >= 4 is 50.7 Å². The van der Waals surface area contributed by atoms with Crippen molar-refractivity contribution in [2.24, 2.45) is 0 Å². The zero-order chi connectivity index (χ0) is 27.8. The van der Waals surface area contributed by atoms with Gasteiger partial charge in [0.25, 0.3) is 0 Å². The molecule has 2 amide bonds. The highest BCUT2D eigenvalue weighted by Gasteiger charge is 2.33. The van der Waals surface area contributed by atoms with Crippen LogP contribution in [0.3, 0.4) is 0 Å². The number of sulfonamides is 1. The highest BCUT2D eigenvalue weighted by molar-refractivity contribution is 7.92. The van der Waals surface area contributed by atoms with Crippen molar-refractivity contribution in [3.05, 3.63) is 52.0 Å². The third-order valence-corrected chi connectivity index (χ3v) is 7.34. The molecule has 0 saturated carbocycles. The molecule has 0 aliphatic heterocycles. The van der Waals surface area contributed by atoms with E-state index in [1.807, 2.05) is 6.92 Å². The summed E-state index contributed by atoms with van der Waals surface area (Å²) in [6.45, 7) is 3.55. The molecule has 0 unspecified atom stereocenters. The molecule has 2 aromatic carbocycles. The van der Waals surface area contributed by atoms with Crippen molar-refractivity contribution in [2.45, 2.75) is 39.3 Å². The molecule has 0 heterocycles. The summed E-state index contributed by atoms with van der Waals surface area (Å²) in [6.07, 6.45) is 2.02. The maximum Gasteiger partial charge on any atom is 0.244 e. The number of hydrogen-bond donors (Lipinski definition) is 1. The van der Waals surface area contributed by atoms with Crippen molar-refractivity contribution in [1.82, 2.24) is 10.2 Å². The van der Waals surface area contributed by atoms with Gasteiger partial charge in [-0.15, -0.1) is 0 Å². The number of amides is 2. The van der Waals surface area contributed by atoms with Crippen LogP contribution in [0.4, 0.5) is 5.69 Å². The summed E-state index contributed by atoms with van der Waals surface area (Å²) < 4.78 is 37.2. The normalized spacial score (nSPS) is 12.0. The standard InChI is InChI=1S/C25H33Cl2N3O6S/c1-6-12-28-25(32)21(7-2)29(15-17-8-9-18(26)13-20(17)27)24(31)16-30(37(5,33)34)22-11-10-19(35-3)14-23(22)36-4/h8-11,13-14,21H,6-7,12,15-16H2,1-5H3,(H,28,32)/t21-/m0/s1. The van der Waals surface area contributed by atoms with E-state index in [2.05, 4.69) is 5.32 Å². The number of hydrogen-bond acceptors (Lipinski definition) is 6. The number of nitrogens with one attached hydrogen (secondary N) is 1. The van der Waals surface area contributed by atoms with Crippen molar-refractivity contribution in [2.75, 3.05) is 37.9 Å². The lowest BCUT2D eigenvalue weighted by Crippen LogP contribution is -2.52. The number of benzene rings is 2. The first-order valence-electron chi connectivity index (χ1n) is 11.7. The number of carbonyl (C=O) groups is 2. The van der Waals surface area contributed by atoms with E-state index in [9.17, 15) is 18.0 Å². The van der Waals surface area contributed by atoms with E-state index in [0.29, 0.717) is 34.3 Å². The fourth-order valence-corrected chi connectivity index (χ4v) is 5.03. The van der Waals surface area contributed by atoms with Crippen molar-refractivity contribution < 1.29 is 27.5 Å². The van der Waals surface area contributed by atoms with Gasteiger partial charge in [-0.1, -0.05) is 43.1 Å². The monoisotopic (exact) mass is 573 g/mol. The van der Waals surface area contributed by atoms with E-state index in [4.69, 9.17) is 32.7 Å². The van der Waals surface area contributed by atoms with E-state index in [0.717, 1.165) is 17.0 Å². The topological polar surface area (TPSA) is 105 Å². The summed E-state index contributed by atoms with van der Waals surface area (Å²) in [6, 6.07) is 8.58. The van der Waals surface area contributed by atoms with Crippen LogP contribution in [-0.2, 0) is 26.2 Å². The van der Waals surface area contributed by atoms with Crippen LogP contribution < -0.4 is 19.1 Å². The van der Waals surface area contributed by atoms with Gasteiger partial charge >= 0.3 is 0 Å². The molecular weight excluding hydrogens is 541 g/mol. The molecule has 1 N–H and O–H groups in total. The first-order valence-corrected chi connectivity index (χ1v) is 14.3. The van der Waals surface area contributed by atoms with E-state index in [1.165, 1.54) is 31.3 Å². The first kappa shape index (κ1) is 30.5. The van der Waals surface area contributed by atoms with Crippen molar-refractivity contribution in [3.8, 4) is 11.5 Å². The van der Waals surface area contributed by atoms with Gasteiger partial charge in [0, 0.05) is 29.2 Å². The third kappa shape index (κ3) is 8.15. The summed E-state index contributed by atoms with van der Waals surface area (Å²) >= 11 is 12.4. The Hall–Kier alpha value is -2.69. The summed E-state index contributed by atoms with van der Waals surface area (Å²) in [5.74, 6) is -0.265. The maximum atomic E-state index is 13.8. The van der Waals surface area contributed by atoms with Gasteiger partial charge in [0.05, 0.1) is 26.2 Å². The minimum absolute atomic E-state index is 0.0236. The zero-order valence-corrected chi connectivity index (χ0v) is 23.9. The molecule has 0 aliphatic carbocycles. The van der Waals surface area contributed by atoms with Crippen LogP contribution in [0, 0.1) is 0 Å². The number of anilines is 1. The lowest BCUT2D eigenvalue weighted by Gasteiger charge is -2.33. The molecule has 2 rings (SSSR count). The number of methoxy groups -OCH3 is 2. The molecule has 12 heteroatoms. The van der Waals surface area contributed by atoms with Gasteiger partial charge in [0.1, 0.15) is 24.1 Å². The van der Waals surface area contributed by atoms with E-state index < -0.39 is 28.5 Å². The Morgan fingerprint density at radius 2 is 1.76 bits per heavy atom. The van der Waals surface area contributed by atoms with Gasteiger partial charge in [-0.3, -0.25) is 13.9 Å². The van der Waals surface area contributed by atoms with Crippen LogP contribution >= 0.6 is 23.2 Å². The van der Waals surface area contributed by atoms with Gasteiger partial charge in [-0.25, -0.2) is 8.42 Å². The first-order chi connectivity index (χ1) is 17.5. The molecule has 2 aromatic rings. The Balaban J connectivity index is 2.53. The SMILES string of the molecule is CCCNC(=O)[C@H](CC)N(Cc1ccc(Cl)cc1Cl)C(=O)CN(c1ccc(OC)cc1OC)S(C)(=O)=O.